The monoisotopic (exact) mass is 295 g/mol. The van der Waals surface area contributed by atoms with Gasteiger partial charge in [-0.05, 0) is 31.8 Å². The van der Waals surface area contributed by atoms with Crippen molar-refractivity contribution in [2.24, 2.45) is 11.8 Å². The number of ether oxygens (including phenoxy) is 1. The first kappa shape index (κ1) is 14.8. The molecule has 2 atom stereocenters. The number of carbonyl (C=O) groups excluding carboxylic acids is 2. The van der Waals surface area contributed by atoms with Gasteiger partial charge in [-0.15, -0.1) is 0 Å². The molecule has 0 radical (unpaired) electrons. The summed E-state index contributed by atoms with van der Waals surface area (Å²) < 4.78 is 5.46. The number of nitrogens with zero attached hydrogens (tertiary/aromatic N) is 2. The van der Waals surface area contributed by atoms with Crippen LogP contribution in [0.15, 0.2) is 0 Å². The predicted molar refractivity (Wildman–Crippen MR) is 77.7 cm³/mol. The van der Waals surface area contributed by atoms with Gasteiger partial charge in [-0.3, -0.25) is 9.59 Å². The molecule has 0 aromatic carbocycles. The summed E-state index contributed by atoms with van der Waals surface area (Å²) >= 11 is 0. The first-order chi connectivity index (χ1) is 10.2. The lowest BCUT2D eigenvalue weighted by molar-refractivity contribution is -0.148. The van der Waals surface area contributed by atoms with Gasteiger partial charge < -0.3 is 19.9 Å². The summed E-state index contributed by atoms with van der Waals surface area (Å²) in [6, 6.07) is 0. The predicted octanol–water partition coefficient (Wildman–Crippen LogP) is -0.308. The Morgan fingerprint density at radius 2 is 1.81 bits per heavy atom. The summed E-state index contributed by atoms with van der Waals surface area (Å²) in [4.78, 5) is 28.5. The maximum Gasteiger partial charge on any atom is 0.251 e. The van der Waals surface area contributed by atoms with Gasteiger partial charge in [0.2, 0.25) is 5.91 Å². The highest BCUT2D eigenvalue weighted by atomic mass is 16.5. The molecular weight excluding hydrogens is 270 g/mol. The molecule has 3 heterocycles. The Morgan fingerprint density at radius 1 is 1.14 bits per heavy atom. The Labute approximate surface area is 125 Å². The lowest BCUT2D eigenvalue weighted by Gasteiger charge is -2.39. The molecule has 6 nitrogen and oxygen atoms in total. The molecule has 0 saturated carbocycles. The molecule has 6 heteroatoms. The van der Waals surface area contributed by atoms with Gasteiger partial charge in [0.05, 0.1) is 0 Å². The van der Waals surface area contributed by atoms with E-state index in [0.29, 0.717) is 38.7 Å². The molecule has 3 saturated heterocycles. The molecule has 1 N–H and O–H groups in total. The SMILES string of the molecule is CC(C(=O)N1CCN(C(=O)C2CCCO2)CC1)C1CNC1. The van der Waals surface area contributed by atoms with Crippen LogP contribution in [0.5, 0.6) is 0 Å². The molecule has 0 aromatic heterocycles. The van der Waals surface area contributed by atoms with Crippen molar-refractivity contribution in [3.8, 4) is 0 Å². The highest BCUT2D eigenvalue weighted by Gasteiger charge is 2.35. The molecular formula is C15H25N3O3. The molecule has 2 unspecified atom stereocenters. The van der Waals surface area contributed by atoms with E-state index in [4.69, 9.17) is 4.74 Å². The standard InChI is InChI=1S/C15H25N3O3/c1-11(12-9-16-10-12)14(19)17-4-6-18(7-5-17)15(20)13-3-2-8-21-13/h11-13,16H,2-10H2,1H3. The number of nitrogens with one attached hydrogen (secondary N) is 1. The van der Waals surface area contributed by atoms with Crippen LogP contribution in [0.1, 0.15) is 19.8 Å². The second-order valence-electron chi connectivity index (χ2n) is 6.36. The van der Waals surface area contributed by atoms with Crippen molar-refractivity contribution in [1.82, 2.24) is 15.1 Å². The molecule has 0 bridgehead atoms. The third-order valence-corrected chi connectivity index (χ3v) is 5.02. The van der Waals surface area contributed by atoms with Crippen molar-refractivity contribution in [1.29, 1.82) is 0 Å². The summed E-state index contributed by atoms with van der Waals surface area (Å²) in [7, 11) is 0. The van der Waals surface area contributed by atoms with Gasteiger partial charge in [0.1, 0.15) is 6.10 Å². The largest absolute Gasteiger partial charge is 0.368 e. The van der Waals surface area contributed by atoms with E-state index in [1.54, 1.807) is 0 Å². The summed E-state index contributed by atoms with van der Waals surface area (Å²) in [6.07, 6.45) is 1.57. The van der Waals surface area contributed by atoms with E-state index in [0.717, 1.165) is 25.9 Å². The number of hydrogen-bond acceptors (Lipinski definition) is 4. The van der Waals surface area contributed by atoms with Crippen LogP contribution in [0.2, 0.25) is 0 Å². The van der Waals surface area contributed by atoms with E-state index in [9.17, 15) is 9.59 Å². The third kappa shape index (κ3) is 3.06. The Balaban J connectivity index is 1.47. The number of piperazine rings is 1. The summed E-state index contributed by atoms with van der Waals surface area (Å²) in [5, 5.41) is 3.22. The van der Waals surface area contributed by atoms with Crippen LogP contribution in [-0.4, -0.2) is 73.6 Å². The summed E-state index contributed by atoms with van der Waals surface area (Å²) in [5.41, 5.74) is 0. The van der Waals surface area contributed by atoms with Crippen LogP contribution in [0.3, 0.4) is 0 Å². The maximum atomic E-state index is 12.4. The smallest absolute Gasteiger partial charge is 0.251 e. The average Bonchev–Trinajstić information content (AvgIpc) is 2.98. The van der Waals surface area contributed by atoms with Crippen LogP contribution >= 0.6 is 0 Å². The molecule has 3 aliphatic rings. The molecule has 3 rings (SSSR count). The minimum absolute atomic E-state index is 0.0895. The van der Waals surface area contributed by atoms with Crippen LogP contribution in [0, 0.1) is 11.8 Å². The van der Waals surface area contributed by atoms with Crippen LogP contribution in [-0.2, 0) is 14.3 Å². The number of rotatable bonds is 3. The van der Waals surface area contributed by atoms with Gasteiger partial charge in [0.15, 0.2) is 0 Å². The Morgan fingerprint density at radius 3 is 2.33 bits per heavy atom. The van der Waals surface area contributed by atoms with E-state index < -0.39 is 0 Å². The zero-order valence-electron chi connectivity index (χ0n) is 12.7. The van der Waals surface area contributed by atoms with E-state index in [1.807, 2.05) is 16.7 Å². The van der Waals surface area contributed by atoms with Crippen molar-refractivity contribution < 1.29 is 14.3 Å². The molecule has 0 aliphatic carbocycles. The van der Waals surface area contributed by atoms with Crippen molar-refractivity contribution >= 4 is 11.8 Å². The van der Waals surface area contributed by atoms with E-state index in [1.165, 1.54) is 0 Å². The minimum atomic E-state index is -0.243. The summed E-state index contributed by atoms with van der Waals surface area (Å²) in [5.74, 6) is 0.914. The second-order valence-corrected chi connectivity index (χ2v) is 6.36. The van der Waals surface area contributed by atoms with Crippen molar-refractivity contribution in [3.63, 3.8) is 0 Å². The van der Waals surface area contributed by atoms with Gasteiger partial charge in [-0.2, -0.15) is 0 Å². The van der Waals surface area contributed by atoms with Gasteiger partial charge in [-0.25, -0.2) is 0 Å². The molecule has 0 spiro atoms. The van der Waals surface area contributed by atoms with E-state index >= 15 is 0 Å². The fourth-order valence-corrected chi connectivity index (χ4v) is 3.28. The van der Waals surface area contributed by atoms with Crippen molar-refractivity contribution in [3.05, 3.63) is 0 Å². The Hall–Kier alpha value is -1.14. The molecule has 3 fully saturated rings. The average molecular weight is 295 g/mol. The fourth-order valence-electron chi connectivity index (χ4n) is 3.28. The lowest BCUT2D eigenvalue weighted by atomic mass is 9.88. The Kier molecular flexibility index (Phi) is 4.45. The van der Waals surface area contributed by atoms with E-state index in [-0.39, 0.29) is 23.8 Å². The number of carbonyl (C=O) groups is 2. The van der Waals surface area contributed by atoms with Gasteiger partial charge >= 0.3 is 0 Å². The normalized spacial score (nSPS) is 28.3. The summed E-state index contributed by atoms with van der Waals surface area (Å²) in [6.45, 7) is 7.21. The minimum Gasteiger partial charge on any atom is -0.368 e. The zero-order chi connectivity index (χ0) is 14.8. The third-order valence-electron chi connectivity index (χ3n) is 5.02. The first-order valence-electron chi connectivity index (χ1n) is 8.06. The van der Waals surface area contributed by atoms with Crippen molar-refractivity contribution in [2.75, 3.05) is 45.9 Å². The van der Waals surface area contributed by atoms with Gasteiger partial charge in [0.25, 0.3) is 5.91 Å². The lowest BCUT2D eigenvalue weighted by Crippen LogP contribution is -2.56. The molecule has 118 valence electrons. The topological polar surface area (TPSA) is 61.9 Å². The molecule has 2 amide bonds. The molecule has 0 aromatic rings. The number of hydrogen-bond donors (Lipinski definition) is 1. The fraction of sp³-hybridized carbons (Fsp3) is 0.867. The van der Waals surface area contributed by atoms with Crippen molar-refractivity contribution in [2.45, 2.75) is 25.9 Å². The van der Waals surface area contributed by atoms with Crippen LogP contribution in [0.4, 0.5) is 0 Å². The van der Waals surface area contributed by atoms with Crippen LogP contribution in [0.25, 0.3) is 0 Å². The highest BCUT2D eigenvalue weighted by molar-refractivity contribution is 5.82. The first-order valence-corrected chi connectivity index (χ1v) is 8.06. The van der Waals surface area contributed by atoms with Gasteiger partial charge in [-0.1, -0.05) is 6.92 Å². The quantitative estimate of drug-likeness (QED) is 0.776. The van der Waals surface area contributed by atoms with E-state index in [2.05, 4.69) is 5.32 Å². The zero-order valence-corrected chi connectivity index (χ0v) is 12.7. The highest BCUT2D eigenvalue weighted by Crippen LogP contribution is 2.20. The molecule has 21 heavy (non-hydrogen) atoms. The van der Waals surface area contributed by atoms with Gasteiger partial charge in [0, 0.05) is 38.7 Å². The molecule has 3 aliphatic heterocycles. The van der Waals surface area contributed by atoms with Crippen LogP contribution < -0.4 is 5.32 Å². The second kappa shape index (κ2) is 6.32. The maximum absolute atomic E-state index is 12.4. The Bertz CT molecular complexity index is 397. The number of amides is 2.